The maximum Gasteiger partial charge on any atom is 0.243 e. The normalized spacial score (nSPS) is 16.1. The van der Waals surface area contributed by atoms with Gasteiger partial charge in [-0.25, -0.2) is 4.98 Å². The van der Waals surface area contributed by atoms with Crippen LogP contribution in [0.3, 0.4) is 0 Å². The lowest BCUT2D eigenvalue weighted by molar-refractivity contribution is -0.116. The van der Waals surface area contributed by atoms with Gasteiger partial charge in [0.2, 0.25) is 11.8 Å². The van der Waals surface area contributed by atoms with E-state index in [0.717, 1.165) is 18.5 Å². The second-order valence-corrected chi connectivity index (χ2v) is 4.27. The summed E-state index contributed by atoms with van der Waals surface area (Å²) < 4.78 is 5.11. The summed E-state index contributed by atoms with van der Waals surface area (Å²) in [5.41, 5.74) is 0.980. The van der Waals surface area contributed by atoms with Crippen molar-refractivity contribution >= 4 is 5.91 Å². The van der Waals surface area contributed by atoms with Crippen molar-refractivity contribution in [3.63, 3.8) is 0 Å². The summed E-state index contributed by atoms with van der Waals surface area (Å²) in [6, 6.07) is 5.73. The standard InChI is InChI=1S/C13H16N2O2/c1-3-11(16)14-9-13(7-8-13)10-5-4-6-12(15-10)17-2/h3-6H,1,7-9H2,2H3,(H,14,16). The number of rotatable bonds is 5. The van der Waals surface area contributed by atoms with Crippen molar-refractivity contribution in [1.82, 2.24) is 10.3 Å². The van der Waals surface area contributed by atoms with Crippen LogP contribution < -0.4 is 10.1 Å². The average Bonchev–Trinajstić information content (AvgIpc) is 3.17. The Bertz CT molecular complexity index is 439. The van der Waals surface area contributed by atoms with E-state index in [2.05, 4.69) is 16.9 Å². The molecule has 1 saturated carbocycles. The van der Waals surface area contributed by atoms with Gasteiger partial charge in [0, 0.05) is 18.0 Å². The van der Waals surface area contributed by atoms with E-state index in [-0.39, 0.29) is 11.3 Å². The first-order valence-electron chi connectivity index (χ1n) is 5.62. The smallest absolute Gasteiger partial charge is 0.243 e. The fraction of sp³-hybridized carbons (Fsp3) is 0.385. The number of hydrogen-bond acceptors (Lipinski definition) is 3. The second-order valence-electron chi connectivity index (χ2n) is 4.27. The highest BCUT2D eigenvalue weighted by Crippen LogP contribution is 2.47. The Balaban J connectivity index is 2.09. The number of nitrogens with one attached hydrogen (secondary N) is 1. The topological polar surface area (TPSA) is 51.2 Å². The van der Waals surface area contributed by atoms with Crippen molar-refractivity contribution in [3.8, 4) is 5.88 Å². The first-order valence-corrected chi connectivity index (χ1v) is 5.62. The molecule has 1 fully saturated rings. The number of hydrogen-bond donors (Lipinski definition) is 1. The first kappa shape index (κ1) is 11.6. The van der Waals surface area contributed by atoms with E-state index in [4.69, 9.17) is 4.74 Å². The van der Waals surface area contributed by atoms with Crippen LogP contribution in [-0.2, 0) is 10.2 Å². The monoisotopic (exact) mass is 232 g/mol. The Morgan fingerprint density at radius 3 is 3.00 bits per heavy atom. The number of ether oxygens (including phenoxy) is 1. The van der Waals surface area contributed by atoms with Crippen LogP contribution in [0, 0.1) is 0 Å². The van der Waals surface area contributed by atoms with Crippen molar-refractivity contribution in [1.29, 1.82) is 0 Å². The van der Waals surface area contributed by atoms with E-state index in [1.165, 1.54) is 6.08 Å². The largest absolute Gasteiger partial charge is 0.481 e. The number of aromatic nitrogens is 1. The Kier molecular flexibility index (Phi) is 3.13. The summed E-state index contributed by atoms with van der Waals surface area (Å²) in [6.45, 7) is 4.04. The number of amides is 1. The van der Waals surface area contributed by atoms with Crippen LogP contribution in [0.2, 0.25) is 0 Å². The highest BCUT2D eigenvalue weighted by molar-refractivity contribution is 5.86. The molecule has 0 bridgehead atoms. The molecule has 0 unspecified atom stereocenters. The summed E-state index contributed by atoms with van der Waals surface area (Å²) in [5.74, 6) is 0.475. The van der Waals surface area contributed by atoms with E-state index < -0.39 is 0 Å². The third kappa shape index (κ3) is 2.46. The average molecular weight is 232 g/mol. The van der Waals surface area contributed by atoms with Crippen LogP contribution in [0.5, 0.6) is 5.88 Å². The van der Waals surface area contributed by atoms with Gasteiger partial charge in [-0.1, -0.05) is 12.6 Å². The van der Waals surface area contributed by atoms with Crippen molar-refractivity contribution in [2.75, 3.05) is 13.7 Å². The van der Waals surface area contributed by atoms with E-state index >= 15 is 0 Å². The number of carbonyl (C=O) groups is 1. The molecule has 1 N–H and O–H groups in total. The van der Waals surface area contributed by atoms with Crippen molar-refractivity contribution in [2.45, 2.75) is 18.3 Å². The van der Waals surface area contributed by atoms with Gasteiger partial charge in [-0.05, 0) is 25.0 Å². The quantitative estimate of drug-likeness (QED) is 0.781. The van der Waals surface area contributed by atoms with Gasteiger partial charge in [-0.2, -0.15) is 0 Å². The zero-order chi connectivity index (χ0) is 12.3. The molecule has 0 radical (unpaired) electrons. The van der Waals surface area contributed by atoms with Crippen molar-refractivity contribution in [3.05, 3.63) is 36.5 Å². The van der Waals surface area contributed by atoms with Gasteiger partial charge in [0.25, 0.3) is 0 Å². The SMILES string of the molecule is C=CC(=O)NCC1(c2cccc(OC)n2)CC1. The number of pyridine rings is 1. The summed E-state index contributed by atoms with van der Waals surface area (Å²) >= 11 is 0. The molecule has 0 saturated heterocycles. The fourth-order valence-corrected chi connectivity index (χ4v) is 1.83. The molecule has 2 rings (SSSR count). The summed E-state index contributed by atoms with van der Waals surface area (Å²) in [4.78, 5) is 15.6. The molecule has 0 spiro atoms. The fourth-order valence-electron chi connectivity index (χ4n) is 1.83. The Morgan fingerprint density at radius 2 is 2.41 bits per heavy atom. The number of methoxy groups -OCH3 is 1. The zero-order valence-corrected chi connectivity index (χ0v) is 9.90. The Hall–Kier alpha value is -1.84. The van der Waals surface area contributed by atoms with Crippen LogP contribution in [0.1, 0.15) is 18.5 Å². The van der Waals surface area contributed by atoms with Crippen LogP contribution >= 0.6 is 0 Å². The molecule has 4 nitrogen and oxygen atoms in total. The minimum atomic E-state index is -0.140. The van der Waals surface area contributed by atoms with Gasteiger partial charge in [0.05, 0.1) is 12.8 Å². The molecule has 4 heteroatoms. The lowest BCUT2D eigenvalue weighted by Gasteiger charge is -2.15. The van der Waals surface area contributed by atoms with E-state index in [0.29, 0.717) is 12.4 Å². The first-order chi connectivity index (χ1) is 8.20. The zero-order valence-electron chi connectivity index (χ0n) is 9.90. The molecule has 1 aliphatic carbocycles. The van der Waals surface area contributed by atoms with Crippen LogP contribution in [-0.4, -0.2) is 24.5 Å². The van der Waals surface area contributed by atoms with Gasteiger partial charge in [-0.15, -0.1) is 0 Å². The lowest BCUT2D eigenvalue weighted by atomic mass is 10.0. The predicted molar refractivity (Wildman–Crippen MR) is 64.9 cm³/mol. The van der Waals surface area contributed by atoms with Gasteiger partial charge >= 0.3 is 0 Å². The molecule has 1 amide bonds. The van der Waals surface area contributed by atoms with Crippen LogP contribution in [0.4, 0.5) is 0 Å². The predicted octanol–water partition coefficient (Wildman–Crippen LogP) is 1.42. The summed E-state index contributed by atoms with van der Waals surface area (Å²) in [6.07, 6.45) is 3.38. The van der Waals surface area contributed by atoms with E-state index in [1.54, 1.807) is 7.11 Å². The molecule has 0 aliphatic heterocycles. The van der Waals surface area contributed by atoms with Crippen molar-refractivity contribution in [2.24, 2.45) is 0 Å². The third-order valence-electron chi connectivity index (χ3n) is 3.12. The highest BCUT2D eigenvalue weighted by atomic mass is 16.5. The number of nitrogens with zero attached hydrogens (tertiary/aromatic N) is 1. The maximum atomic E-state index is 11.2. The maximum absolute atomic E-state index is 11.2. The van der Waals surface area contributed by atoms with Gasteiger partial charge in [0.1, 0.15) is 0 Å². The molecule has 1 aromatic heterocycles. The van der Waals surface area contributed by atoms with Gasteiger partial charge in [0.15, 0.2) is 0 Å². The van der Waals surface area contributed by atoms with Crippen LogP contribution in [0.25, 0.3) is 0 Å². The third-order valence-corrected chi connectivity index (χ3v) is 3.12. The highest BCUT2D eigenvalue weighted by Gasteiger charge is 2.45. The molecule has 17 heavy (non-hydrogen) atoms. The van der Waals surface area contributed by atoms with E-state index in [1.807, 2.05) is 18.2 Å². The molecule has 0 aromatic carbocycles. The molecular weight excluding hydrogens is 216 g/mol. The molecular formula is C13H16N2O2. The lowest BCUT2D eigenvalue weighted by Crippen LogP contribution is -2.31. The number of carbonyl (C=O) groups excluding carboxylic acids is 1. The van der Waals surface area contributed by atoms with Crippen LogP contribution in [0.15, 0.2) is 30.9 Å². The minimum Gasteiger partial charge on any atom is -0.481 e. The summed E-state index contributed by atoms with van der Waals surface area (Å²) in [7, 11) is 1.60. The summed E-state index contributed by atoms with van der Waals surface area (Å²) in [5, 5.41) is 2.83. The molecule has 1 heterocycles. The van der Waals surface area contributed by atoms with Gasteiger partial charge in [-0.3, -0.25) is 4.79 Å². The molecule has 1 aromatic rings. The molecule has 90 valence electrons. The van der Waals surface area contributed by atoms with E-state index in [9.17, 15) is 4.79 Å². The second kappa shape index (κ2) is 4.57. The molecule has 0 atom stereocenters. The Morgan fingerprint density at radius 1 is 1.65 bits per heavy atom. The minimum absolute atomic E-state index is 0.00674. The molecule has 1 aliphatic rings. The van der Waals surface area contributed by atoms with Crippen molar-refractivity contribution < 1.29 is 9.53 Å². The Labute approximate surface area is 101 Å². The van der Waals surface area contributed by atoms with Gasteiger partial charge < -0.3 is 10.1 Å².